The summed E-state index contributed by atoms with van der Waals surface area (Å²) in [6, 6.07) is 0.798. The van der Waals surface area contributed by atoms with Gasteiger partial charge < -0.3 is 10.0 Å². The van der Waals surface area contributed by atoms with Crippen molar-refractivity contribution >= 4 is 0 Å². The number of hydrogen-bond donors (Lipinski definition) is 1. The molecule has 1 N–H and O–H groups in total. The summed E-state index contributed by atoms with van der Waals surface area (Å²) in [5, 5.41) is 10.1. The molecule has 0 aromatic rings. The van der Waals surface area contributed by atoms with E-state index in [1.807, 2.05) is 0 Å². The molecule has 0 aliphatic heterocycles. The van der Waals surface area contributed by atoms with E-state index >= 15 is 0 Å². The second kappa shape index (κ2) is 5.46. The fourth-order valence-electron chi connectivity index (χ4n) is 8.06. The number of fused-ring (bicyclic) bond motifs is 5. The molecule has 23 heavy (non-hydrogen) atoms. The summed E-state index contributed by atoms with van der Waals surface area (Å²) in [7, 11) is 4.59. The van der Waals surface area contributed by atoms with Crippen molar-refractivity contribution in [3.05, 3.63) is 0 Å². The Labute approximate surface area is 143 Å². The van der Waals surface area contributed by atoms with Crippen LogP contribution >= 0.6 is 0 Å². The molecule has 2 heteroatoms. The molecule has 0 aromatic carbocycles. The van der Waals surface area contributed by atoms with Crippen LogP contribution < -0.4 is 0 Å². The van der Waals surface area contributed by atoms with E-state index in [-0.39, 0.29) is 6.10 Å². The minimum absolute atomic E-state index is 0.0110. The highest BCUT2D eigenvalue weighted by Gasteiger charge is 2.60. The third kappa shape index (κ3) is 2.27. The van der Waals surface area contributed by atoms with Crippen molar-refractivity contribution in [3.8, 4) is 0 Å². The van der Waals surface area contributed by atoms with Crippen LogP contribution in [0.1, 0.15) is 71.6 Å². The van der Waals surface area contributed by atoms with E-state index in [1.165, 1.54) is 44.9 Å². The predicted octanol–water partition coefficient (Wildman–Crippen LogP) is 4.32. The van der Waals surface area contributed by atoms with Crippen LogP contribution in [0.2, 0.25) is 0 Å². The lowest BCUT2D eigenvalue weighted by atomic mass is 9.45. The first kappa shape index (κ1) is 16.4. The summed E-state index contributed by atoms with van der Waals surface area (Å²) < 4.78 is 0. The van der Waals surface area contributed by atoms with Crippen molar-refractivity contribution in [3.63, 3.8) is 0 Å². The highest BCUT2D eigenvalue weighted by Crippen LogP contribution is 2.66. The molecule has 8 atom stereocenters. The molecule has 4 aliphatic rings. The van der Waals surface area contributed by atoms with Crippen molar-refractivity contribution in [2.45, 2.75) is 83.8 Å². The lowest BCUT2D eigenvalue weighted by molar-refractivity contribution is -0.127. The predicted molar refractivity (Wildman–Crippen MR) is 95.2 cm³/mol. The molecule has 4 rings (SSSR count). The molecule has 0 amide bonds. The molecule has 0 heterocycles. The van der Waals surface area contributed by atoms with Gasteiger partial charge in [0.2, 0.25) is 0 Å². The summed E-state index contributed by atoms with van der Waals surface area (Å²) in [5.41, 5.74) is 1.09. The summed E-state index contributed by atoms with van der Waals surface area (Å²) in [6.45, 7) is 5.21. The van der Waals surface area contributed by atoms with Gasteiger partial charge in [0.1, 0.15) is 0 Å². The van der Waals surface area contributed by atoms with E-state index in [2.05, 4.69) is 32.8 Å². The SMILES string of the molecule is CN(C)[C@@H]1CC[C@H]2[C@@H]3CC[C@H]4C[C@H](O)CC[C@]4(C)[C@H]3CC[C@@]21C. The number of aliphatic hydroxyl groups excluding tert-OH is 1. The number of rotatable bonds is 1. The lowest BCUT2D eigenvalue weighted by Crippen LogP contribution is -2.55. The molecule has 0 radical (unpaired) electrons. The number of nitrogens with zero attached hydrogens (tertiary/aromatic N) is 1. The fraction of sp³-hybridized carbons (Fsp3) is 1.00. The number of hydrogen-bond acceptors (Lipinski definition) is 2. The Morgan fingerprint density at radius 3 is 2.26 bits per heavy atom. The standard InChI is InChI=1S/C21H37NO/c1-20-11-9-15(23)13-14(20)5-6-16-17-7-8-19(22(3)4)21(17,2)12-10-18(16)20/h14-19,23H,5-13H2,1-4H3/t14-,15+,16-,17-,18-,19+,20-,21-/m0/s1. The van der Waals surface area contributed by atoms with Crippen LogP contribution in [-0.2, 0) is 0 Å². The van der Waals surface area contributed by atoms with Gasteiger partial charge >= 0.3 is 0 Å². The van der Waals surface area contributed by atoms with Gasteiger partial charge in [-0.1, -0.05) is 13.8 Å². The van der Waals surface area contributed by atoms with Crippen molar-refractivity contribution in [1.29, 1.82) is 0 Å². The van der Waals surface area contributed by atoms with E-state index in [4.69, 9.17) is 0 Å². The average Bonchev–Trinajstić information content (AvgIpc) is 2.85. The first-order chi connectivity index (χ1) is 10.9. The van der Waals surface area contributed by atoms with Gasteiger partial charge in [0.25, 0.3) is 0 Å². The molecular weight excluding hydrogens is 282 g/mol. The van der Waals surface area contributed by atoms with Gasteiger partial charge in [-0.15, -0.1) is 0 Å². The van der Waals surface area contributed by atoms with Gasteiger partial charge in [0.15, 0.2) is 0 Å². The van der Waals surface area contributed by atoms with Gasteiger partial charge in [-0.2, -0.15) is 0 Å². The van der Waals surface area contributed by atoms with Crippen molar-refractivity contribution in [1.82, 2.24) is 4.90 Å². The molecule has 0 unspecified atom stereocenters. The van der Waals surface area contributed by atoms with Gasteiger partial charge in [0.05, 0.1) is 6.10 Å². The van der Waals surface area contributed by atoms with E-state index < -0.39 is 0 Å². The van der Waals surface area contributed by atoms with E-state index in [1.54, 1.807) is 0 Å². The lowest BCUT2D eigenvalue weighted by Gasteiger charge is -2.61. The molecule has 2 nitrogen and oxygen atoms in total. The fourth-order valence-corrected chi connectivity index (χ4v) is 8.06. The van der Waals surface area contributed by atoms with Crippen LogP contribution in [0.3, 0.4) is 0 Å². The zero-order valence-electron chi connectivity index (χ0n) is 15.7. The monoisotopic (exact) mass is 319 g/mol. The maximum Gasteiger partial charge on any atom is 0.0543 e. The molecule has 4 fully saturated rings. The van der Waals surface area contributed by atoms with Crippen LogP contribution in [0.15, 0.2) is 0 Å². The molecule has 132 valence electrons. The van der Waals surface area contributed by atoms with Gasteiger partial charge in [-0.25, -0.2) is 0 Å². The second-order valence-electron chi connectivity index (χ2n) is 10.2. The zero-order valence-corrected chi connectivity index (χ0v) is 15.7. The van der Waals surface area contributed by atoms with Crippen molar-refractivity contribution < 1.29 is 5.11 Å². The maximum absolute atomic E-state index is 10.1. The topological polar surface area (TPSA) is 23.5 Å². The Kier molecular flexibility index (Phi) is 3.89. The van der Waals surface area contributed by atoms with E-state index in [0.717, 1.165) is 42.6 Å². The highest BCUT2D eigenvalue weighted by atomic mass is 16.3. The molecule has 0 aromatic heterocycles. The molecule has 0 spiro atoms. The van der Waals surface area contributed by atoms with E-state index in [0.29, 0.717) is 10.8 Å². The Bertz CT molecular complexity index is 463. The summed E-state index contributed by atoms with van der Waals surface area (Å²) >= 11 is 0. The van der Waals surface area contributed by atoms with Crippen LogP contribution in [0.25, 0.3) is 0 Å². The van der Waals surface area contributed by atoms with Crippen LogP contribution in [-0.4, -0.2) is 36.2 Å². The normalized spacial score (nSPS) is 56.1. The smallest absolute Gasteiger partial charge is 0.0543 e. The van der Waals surface area contributed by atoms with Gasteiger partial charge in [0, 0.05) is 6.04 Å². The van der Waals surface area contributed by atoms with Crippen molar-refractivity contribution in [2.24, 2.45) is 34.5 Å². The Hall–Kier alpha value is -0.0800. The first-order valence-electron chi connectivity index (χ1n) is 10.2. The molecular formula is C21H37NO. The highest BCUT2D eigenvalue weighted by molar-refractivity contribution is 5.10. The third-order valence-electron chi connectivity index (χ3n) is 9.21. The molecule has 0 saturated heterocycles. The Balaban J connectivity index is 1.60. The average molecular weight is 320 g/mol. The minimum atomic E-state index is -0.0110. The molecule has 4 aliphatic carbocycles. The minimum Gasteiger partial charge on any atom is -0.393 e. The Morgan fingerprint density at radius 2 is 1.52 bits per heavy atom. The largest absolute Gasteiger partial charge is 0.393 e. The van der Waals surface area contributed by atoms with Crippen molar-refractivity contribution in [2.75, 3.05) is 14.1 Å². The maximum atomic E-state index is 10.1. The van der Waals surface area contributed by atoms with Gasteiger partial charge in [-0.3, -0.25) is 0 Å². The van der Waals surface area contributed by atoms with Crippen LogP contribution in [0.4, 0.5) is 0 Å². The third-order valence-corrected chi connectivity index (χ3v) is 9.21. The zero-order chi connectivity index (χ0) is 16.4. The second-order valence-corrected chi connectivity index (χ2v) is 10.2. The number of aliphatic hydroxyl groups is 1. The Morgan fingerprint density at radius 1 is 0.826 bits per heavy atom. The first-order valence-corrected chi connectivity index (χ1v) is 10.2. The van der Waals surface area contributed by atoms with Crippen LogP contribution in [0.5, 0.6) is 0 Å². The summed E-state index contributed by atoms with van der Waals surface area (Å²) in [4.78, 5) is 2.52. The van der Waals surface area contributed by atoms with Crippen LogP contribution in [0, 0.1) is 34.5 Å². The molecule has 4 saturated carbocycles. The van der Waals surface area contributed by atoms with Gasteiger partial charge in [-0.05, 0) is 106 Å². The quantitative estimate of drug-likeness (QED) is 0.778. The summed E-state index contributed by atoms with van der Waals surface area (Å²) in [6.07, 6.45) is 12.0. The summed E-state index contributed by atoms with van der Waals surface area (Å²) in [5.74, 6) is 3.66. The van der Waals surface area contributed by atoms with E-state index in [9.17, 15) is 5.11 Å². The molecule has 0 bridgehead atoms.